The van der Waals surface area contributed by atoms with E-state index in [1.165, 1.54) is 7.05 Å². The Morgan fingerprint density at radius 3 is 2.28 bits per heavy atom. The zero-order valence-electron chi connectivity index (χ0n) is 13.8. The molecule has 1 aliphatic rings. The Labute approximate surface area is 143 Å². The van der Waals surface area contributed by atoms with Crippen molar-refractivity contribution in [3.8, 4) is 0 Å². The molecule has 2 unspecified atom stereocenters. The minimum absolute atomic E-state index is 0.380. The average molecular weight is 380 g/mol. The molecule has 0 bridgehead atoms. The Kier molecular flexibility index (Phi) is 5.72. The van der Waals surface area contributed by atoms with Crippen LogP contribution in [-0.2, 0) is 14.8 Å². The number of hydrogen-bond acceptors (Lipinski definition) is 5. The predicted molar refractivity (Wildman–Crippen MR) is 85.5 cm³/mol. The normalized spacial score (nSPS) is 23.9. The number of likely N-dealkylation sites (N-methyl/N-ethyl adjacent to an activating group) is 1. The molecule has 1 aliphatic heterocycles. The Morgan fingerprint density at radius 2 is 1.72 bits per heavy atom. The number of hydrogen-bond donors (Lipinski definition) is 3. The number of halogens is 3. The van der Waals surface area contributed by atoms with Crippen LogP contribution >= 0.6 is 0 Å². The molecule has 0 radical (unpaired) electrons. The largest absolute Gasteiger partial charge is 0.322 e. The maximum Gasteiger partial charge on any atom is 0.239 e. The van der Waals surface area contributed by atoms with Gasteiger partial charge in [-0.1, -0.05) is 0 Å². The number of benzene rings is 1. The van der Waals surface area contributed by atoms with Crippen molar-refractivity contribution in [3.63, 3.8) is 0 Å². The third kappa shape index (κ3) is 3.94. The van der Waals surface area contributed by atoms with Gasteiger partial charge in [-0.15, -0.1) is 0 Å². The molecule has 0 saturated carbocycles. The maximum atomic E-state index is 13.6. The number of anilines is 1. The Morgan fingerprint density at radius 1 is 1.16 bits per heavy atom. The average Bonchev–Trinajstić information content (AvgIpc) is 2.87. The minimum atomic E-state index is -3.83. The smallest absolute Gasteiger partial charge is 0.239 e. The van der Waals surface area contributed by atoms with Gasteiger partial charge < -0.3 is 5.32 Å². The Bertz CT molecular complexity index is 765. The lowest BCUT2D eigenvalue weighted by Crippen LogP contribution is -2.47. The summed E-state index contributed by atoms with van der Waals surface area (Å²) in [5.74, 6) is -5.54. The minimum Gasteiger partial charge on any atom is -0.322 e. The quantitative estimate of drug-likeness (QED) is 0.650. The first-order valence-corrected chi connectivity index (χ1v) is 8.95. The SMILES string of the molecule is CC1NNC(C)C1S(=O)(=O)N(C)CC(=O)Nc1ccc(F)c(F)c1F. The van der Waals surface area contributed by atoms with E-state index in [1.807, 2.05) is 5.32 Å². The molecule has 2 atom stereocenters. The summed E-state index contributed by atoms with van der Waals surface area (Å²) in [6.45, 7) is 2.77. The topological polar surface area (TPSA) is 90.5 Å². The van der Waals surface area contributed by atoms with Gasteiger partial charge in [-0.25, -0.2) is 21.6 Å². The Hall–Kier alpha value is -1.69. The second-order valence-corrected chi connectivity index (χ2v) is 8.10. The summed E-state index contributed by atoms with van der Waals surface area (Å²) < 4.78 is 65.6. The number of sulfonamides is 1. The van der Waals surface area contributed by atoms with E-state index < -0.39 is 50.9 Å². The summed E-state index contributed by atoms with van der Waals surface area (Å²) in [5.41, 5.74) is 5.05. The standard InChI is InChI=1S/C14H19F3N4O3S/c1-7-14(8(2)20-19-7)25(23,24)21(3)6-11(22)18-10-5-4-9(15)12(16)13(10)17/h4-5,7-8,14,19-20H,6H2,1-3H3,(H,18,22). The van der Waals surface area contributed by atoms with Crippen LogP contribution in [0.5, 0.6) is 0 Å². The molecule has 0 aromatic heterocycles. The fourth-order valence-electron chi connectivity index (χ4n) is 2.69. The second-order valence-electron chi connectivity index (χ2n) is 5.90. The van der Waals surface area contributed by atoms with Crippen LogP contribution in [0.4, 0.5) is 18.9 Å². The molecule has 1 fully saturated rings. The molecular formula is C14H19F3N4O3S. The molecule has 25 heavy (non-hydrogen) atoms. The third-order valence-electron chi connectivity index (χ3n) is 3.98. The second kappa shape index (κ2) is 7.28. The van der Waals surface area contributed by atoms with E-state index in [9.17, 15) is 26.4 Å². The van der Waals surface area contributed by atoms with Gasteiger partial charge in [0.2, 0.25) is 15.9 Å². The summed E-state index contributed by atoms with van der Waals surface area (Å²) in [6.07, 6.45) is 0. The number of nitrogens with zero attached hydrogens (tertiary/aromatic N) is 1. The van der Waals surface area contributed by atoms with Crippen molar-refractivity contribution in [2.75, 3.05) is 18.9 Å². The van der Waals surface area contributed by atoms with Gasteiger partial charge in [0.15, 0.2) is 17.5 Å². The molecule has 11 heteroatoms. The molecule has 7 nitrogen and oxygen atoms in total. The highest BCUT2D eigenvalue weighted by Crippen LogP contribution is 2.21. The molecule has 2 rings (SSSR count). The Balaban J connectivity index is 2.09. The monoisotopic (exact) mass is 380 g/mol. The molecule has 1 heterocycles. The van der Waals surface area contributed by atoms with E-state index in [0.29, 0.717) is 6.07 Å². The van der Waals surface area contributed by atoms with Crippen LogP contribution in [-0.4, -0.2) is 49.6 Å². The number of carbonyl (C=O) groups is 1. The molecular weight excluding hydrogens is 361 g/mol. The lowest BCUT2D eigenvalue weighted by atomic mass is 10.2. The highest BCUT2D eigenvalue weighted by atomic mass is 32.2. The van der Waals surface area contributed by atoms with Crippen molar-refractivity contribution in [2.24, 2.45) is 0 Å². The van der Waals surface area contributed by atoms with Gasteiger partial charge in [0.05, 0.1) is 12.2 Å². The summed E-state index contributed by atoms with van der Waals surface area (Å²) in [4.78, 5) is 12.0. The van der Waals surface area contributed by atoms with Crippen LogP contribution in [0.2, 0.25) is 0 Å². The molecule has 1 aromatic carbocycles. The number of nitrogens with one attached hydrogen (secondary N) is 3. The van der Waals surface area contributed by atoms with E-state index in [1.54, 1.807) is 13.8 Å². The first-order valence-electron chi connectivity index (χ1n) is 7.45. The lowest BCUT2D eigenvalue weighted by Gasteiger charge is -2.25. The van der Waals surface area contributed by atoms with Crippen LogP contribution in [0, 0.1) is 17.5 Å². The van der Waals surface area contributed by atoms with Crippen molar-refractivity contribution >= 4 is 21.6 Å². The van der Waals surface area contributed by atoms with Gasteiger partial charge in [-0.05, 0) is 26.0 Å². The zero-order valence-corrected chi connectivity index (χ0v) is 14.6. The fraction of sp³-hybridized carbons (Fsp3) is 0.500. The van der Waals surface area contributed by atoms with Crippen molar-refractivity contribution < 1.29 is 26.4 Å². The van der Waals surface area contributed by atoms with E-state index in [2.05, 4.69) is 10.9 Å². The predicted octanol–water partition coefficient (Wildman–Crippen LogP) is 0.557. The maximum absolute atomic E-state index is 13.6. The van der Waals surface area contributed by atoms with Crippen molar-refractivity contribution in [3.05, 3.63) is 29.6 Å². The van der Waals surface area contributed by atoms with Gasteiger partial charge in [0.1, 0.15) is 5.25 Å². The van der Waals surface area contributed by atoms with Crippen LogP contribution in [0.15, 0.2) is 12.1 Å². The first-order chi connectivity index (χ1) is 11.6. The highest BCUT2D eigenvalue weighted by Gasteiger charge is 2.42. The molecule has 1 aromatic rings. The summed E-state index contributed by atoms with van der Waals surface area (Å²) in [6, 6.07) is 0.756. The van der Waals surface area contributed by atoms with Gasteiger partial charge >= 0.3 is 0 Å². The number of hydrazine groups is 1. The zero-order chi connectivity index (χ0) is 18.9. The van der Waals surface area contributed by atoms with E-state index in [0.717, 1.165) is 10.4 Å². The van der Waals surface area contributed by atoms with Gasteiger partial charge in [-0.2, -0.15) is 4.31 Å². The molecule has 0 aliphatic carbocycles. The van der Waals surface area contributed by atoms with Crippen molar-refractivity contribution in [1.82, 2.24) is 15.2 Å². The first kappa shape index (κ1) is 19.6. The third-order valence-corrected chi connectivity index (χ3v) is 6.48. The molecule has 140 valence electrons. The van der Waals surface area contributed by atoms with Crippen LogP contribution in [0.3, 0.4) is 0 Å². The van der Waals surface area contributed by atoms with E-state index in [-0.39, 0.29) is 12.1 Å². The molecule has 1 amide bonds. The van der Waals surface area contributed by atoms with Crippen LogP contribution in [0.25, 0.3) is 0 Å². The molecule has 3 N–H and O–H groups in total. The number of carbonyl (C=O) groups excluding carboxylic acids is 1. The number of rotatable bonds is 5. The van der Waals surface area contributed by atoms with Crippen LogP contribution < -0.4 is 16.2 Å². The van der Waals surface area contributed by atoms with Gasteiger partial charge in [0, 0.05) is 19.1 Å². The highest BCUT2D eigenvalue weighted by molar-refractivity contribution is 7.89. The summed E-state index contributed by atoms with van der Waals surface area (Å²) in [7, 11) is -2.61. The fourth-order valence-corrected chi connectivity index (χ4v) is 4.57. The lowest BCUT2D eigenvalue weighted by molar-refractivity contribution is -0.116. The molecule has 0 spiro atoms. The van der Waals surface area contributed by atoms with Crippen molar-refractivity contribution in [1.29, 1.82) is 0 Å². The van der Waals surface area contributed by atoms with Crippen LogP contribution in [0.1, 0.15) is 13.8 Å². The summed E-state index contributed by atoms with van der Waals surface area (Å²) in [5, 5.41) is 1.24. The number of amides is 1. The van der Waals surface area contributed by atoms with E-state index >= 15 is 0 Å². The molecule has 1 saturated heterocycles. The van der Waals surface area contributed by atoms with Gasteiger partial charge in [0.25, 0.3) is 0 Å². The summed E-state index contributed by atoms with van der Waals surface area (Å²) >= 11 is 0. The van der Waals surface area contributed by atoms with Gasteiger partial charge in [-0.3, -0.25) is 15.6 Å². The van der Waals surface area contributed by atoms with E-state index in [4.69, 9.17) is 0 Å². The van der Waals surface area contributed by atoms with Crippen molar-refractivity contribution in [2.45, 2.75) is 31.2 Å².